The molecule has 1 aromatic heterocycles. The summed E-state index contributed by atoms with van der Waals surface area (Å²) >= 11 is 1.71. The third-order valence-corrected chi connectivity index (χ3v) is 4.06. The van der Waals surface area contributed by atoms with E-state index < -0.39 is 0 Å². The first-order chi connectivity index (χ1) is 8.28. The van der Waals surface area contributed by atoms with E-state index in [1.165, 1.54) is 0 Å². The van der Waals surface area contributed by atoms with Crippen LogP contribution in [0.3, 0.4) is 0 Å². The molecule has 0 saturated carbocycles. The van der Waals surface area contributed by atoms with Gasteiger partial charge in [-0.15, -0.1) is 0 Å². The number of thioether (sulfide) groups is 1. The van der Waals surface area contributed by atoms with Gasteiger partial charge in [0.15, 0.2) is 5.16 Å². The average molecular weight is 253 g/mol. The van der Waals surface area contributed by atoms with E-state index in [0.717, 1.165) is 49.6 Å². The van der Waals surface area contributed by atoms with Gasteiger partial charge in [-0.3, -0.25) is 4.79 Å². The van der Waals surface area contributed by atoms with Crippen molar-refractivity contribution in [3.63, 3.8) is 0 Å². The van der Waals surface area contributed by atoms with Gasteiger partial charge in [0.05, 0.1) is 0 Å². The van der Waals surface area contributed by atoms with Gasteiger partial charge in [0.1, 0.15) is 0 Å². The van der Waals surface area contributed by atoms with E-state index in [2.05, 4.69) is 22.2 Å². The lowest BCUT2D eigenvalue weighted by molar-refractivity contribution is 0.530. The molecule has 0 bridgehead atoms. The first-order valence-corrected chi connectivity index (χ1v) is 7.13. The van der Waals surface area contributed by atoms with E-state index in [1.54, 1.807) is 17.8 Å². The maximum absolute atomic E-state index is 11.5. The number of nitrogens with zero attached hydrogens (tertiary/aromatic N) is 1. The van der Waals surface area contributed by atoms with Crippen LogP contribution in [0.15, 0.2) is 16.0 Å². The Morgan fingerprint density at radius 3 is 2.94 bits per heavy atom. The number of piperidine rings is 1. The molecular formula is C12H19N3OS. The smallest absolute Gasteiger partial charge is 0.251 e. The largest absolute Gasteiger partial charge is 0.317 e. The van der Waals surface area contributed by atoms with E-state index >= 15 is 0 Å². The molecule has 0 spiro atoms. The molecule has 0 aromatic carbocycles. The molecule has 0 radical (unpaired) electrons. The molecule has 17 heavy (non-hydrogen) atoms. The first-order valence-electron chi connectivity index (χ1n) is 6.25. The van der Waals surface area contributed by atoms with Gasteiger partial charge >= 0.3 is 0 Å². The summed E-state index contributed by atoms with van der Waals surface area (Å²) in [6.07, 6.45) is 4.19. The van der Waals surface area contributed by atoms with Crippen molar-refractivity contribution in [2.24, 2.45) is 0 Å². The number of hydrogen-bond donors (Lipinski definition) is 2. The molecule has 1 aliphatic heterocycles. The van der Waals surface area contributed by atoms with E-state index in [1.807, 2.05) is 0 Å². The molecule has 2 N–H and O–H groups in total. The zero-order valence-corrected chi connectivity index (χ0v) is 11.0. The number of rotatable bonds is 4. The van der Waals surface area contributed by atoms with Gasteiger partial charge in [-0.25, -0.2) is 4.98 Å². The van der Waals surface area contributed by atoms with Crippen molar-refractivity contribution in [1.29, 1.82) is 0 Å². The summed E-state index contributed by atoms with van der Waals surface area (Å²) in [7, 11) is 0. The maximum Gasteiger partial charge on any atom is 0.251 e. The monoisotopic (exact) mass is 253 g/mol. The Hall–Kier alpha value is -0.810. The van der Waals surface area contributed by atoms with E-state index in [9.17, 15) is 4.79 Å². The van der Waals surface area contributed by atoms with Crippen molar-refractivity contribution >= 4 is 11.8 Å². The highest BCUT2D eigenvalue weighted by Gasteiger charge is 2.15. The van der Waals surface area contributed by atoms with E-state index in [4.69, 9.17) is 0 Å². The number of nitrogens with one attached hydrogen (secondary N) is 2. The zero-order chi connectivity index (χ0) is 12.1. The molecule has 5 heteroatoms. The van der Waals surface area contributed by atoms with Gasteiger partial charge in [-0.1, -0.05) is 25.1 Å². The van der Waals surface area contributed by atoms with Crippen molar-refractivity contribution in [1.82, 2.24) is 15.3 Å². The Morgan fingerprint density at radius 2 is 2.24 bits per heavy atom. The summed E-state index contributed by atoms with van der Waals surface area (Å²) in [4.78, 5) is 18.8. The van der Waals surface area contributed by atoms with Crippen LogP contribution in [0.4, 0.5) is 0 Å². The Bertz CT molecular complexity index is 412. The Balaban J connectivity index is 2.06. The molecule has 1 fully saturated rings. The third kappa shape index (κ3) is 3.85. The SMILES string of the molecule is CCCc1cc(=O)[nH]c(SC2CCNCC2)n1. The van der Waals surface area contributed by atoms with Gasteiger partial charge in [-0.2, -0.15) is 0 Å². The van der Waals surface area contributed by atoms with Gasteiger partial charge in [0.25, 0.3) is 5.56 Å². The van der Waals surface area contributed by atoms with Crippen LogP contribution in [0, 0.1) is 0 Å². The summed E-state index contributed by atoms with van der Waals surface area (Å²) in [6.45, 7) is 4.23. The highest BCUT2D eigenvalue weighted by atomic mass is 32.2. The average Bonchev–Trinajstić information content (AvgIpc) is 2.30. The summed E-state index contributed by atoms with van der Waals surface area (Å²) in [5.74, 6) is 0. The third-order valence-electron chi connectivity index (χ3n) is 2.84. The van der Waals surface area contributed by atoms with Crippen LogP contribution >= 0.6 is 11.8 Å². The van der Waals surface area contributed by atoms with Gasteiger partial charge < -0.3 is 10.3 Å². The normalized spacial score (nSPS) is 17.2. The molecule has 1 aromatic rings. The fourth-order valence-corrected chi connectivity index (χ4v) is 3.11. The van der Waals surface area contributed by atoms with Gasteiger partial charge in [-0.05, 0) is 32.4 Å². The van der Waals surface area contributed by atoms with Crippen LogP contribution in [0.2, 0.25) is 0 Å². The standard InChI is InChI=1S/C12H19N3OS/c1-2-3-9-8-11(16)15-12(14-9)17-10-4-6-13-7-5-10/h8,10,13H,2-7H2,1H3,(H,14,15,16). The van der Waals surface area contributed by atoms with Crippen LogP contribution in [-0.4, -0.2) is 28.3 Å². The molecule has 0 aliphatic carbocycles. The van der Waals surface area contributed by atoms with Crippen molar-refractivity contribution in [3.05, 3.63) is 22.1 Å². The second-order valence-corrected chi connectivity index (χ2v) is 5.65. The molecule has 2 rings (SSSR count). The van der Waals surface area contributed by atoms with Crippen LogP contribution < -0.4 is 10.9 Å². The fraction of sp³-hybridized carbons (Fsp3) is 0.667. The van der Waals surface area contributed by atoms with Gasteiger partial charge in [0.2, 0.25) is 0 Å². The van der Waals surface area contributed by atoms with Crippen molar-refractivity contribution in [3.8, 4) is 0 Å². The van der Waals surface area contributed by atoms with Crippen molar-refractivity contribution in [2.75, 3.05) is 13.1 Å². The lowest BCUT2D eigenvalue weighted by Crippen LogP contribution is -2.29. The summed E-state index contributed by atoms with van der Waals surface area (Å²) in [5.41, 5.74) is 0.882. The minimum absolute atomic E-state index is 0.0279. The minimum atomic E-state index is -0.0279. The Labute approximate surface area is 106 Å². The molecule has 0 atom stereocenters. The highest BCUT2D eigenvalue weighted by molar-refractivity contribution is 7.99. The highest BCUT2D eigenvalue weighted by Crippen LogP contribution is 2.25. The molecule has 1 aliphatic rings. The maximum atomic E-state index is 11.5. The molecular weight excluding hydrogens is 234 g/mol. The quantitative estimate of drug-likeness (QED) is 0.800. The Morgan fingerprint density at radius 1 is 1.47 bits per heavy atom. The lowest BCUT2D eigenvalue weighted by Gasteiger charge is -2.21. The second kappa shape index (κ2) is 6.21. The summed E-state index contributed by atoms with van der Waals surface area (Å²) in [6, 6.07) is 1.61. The van der Waals surface area contributed by atoms with Crippen LogP contribution in [0.5, 0.6) is 0 Å². The number of aromatic nitrogens is 2. The summed E-state index contributed by atoms with van der Waals surface area (Å²) < 4.78 is 0. The second-order valence-electron chi connectivity index (χ2n) is 4.36. The van der Waals surface area contributed by atoms with Crippen LogP contribution in [0.25, 0.3) is 0 Å². The Kier molecular flexibility index (Phi) is 4.62. The molecule has 2 heterocycles. The van der Waals surface area contributed by atoms with E-state index in [-0.39, 0.29) is 5.56 Å². The zero-order valence-electron chi connectivity index (χ0n) is 10.2. The molecule has 0 unspecified atom stereocenters. The van der Waals surface area contributed by atoms with Gasteiger partial charge in [0, 0.05) is 17.0 Å². The molecule has 4 nitrogen and oxygen atoms in total. The number of H-pyrrole nitrogens is 1. The first kappa shape index (κ1) is 12.6. The lowest BCUT2D eigenvalue weighted by atomic mass is 10.2. The number of hydrogen-bond acceptors (Lipinski definition) is 4. The summed E-state index contributed by atoms with van der Waals surface area (Å²) in [5, 5.41) is 4.70. The van der Waals surface area contributed by atoms with E-state index in [0.29, 0.717) is 5.25 Å². The fourth-order valence-electron chi connectivity index (χ4n) is 1.99. The van der Waals surface area contributed by atoms with Crippen molar-refractivity contribution in [2.45, 2.75) is 43.0 Å². The number of aromatic amines is 1. The minimum Gasteiger partial charge on any atom is -0.317 e. The molecule has 0 amide bonds. The predicted octanol–water partition coefficient (Wildman–Crippen LogP) is 1.57. The van der Waals surface area contributed by atoms with Crippen LogP contribution in [-0.2, 0) is 6.42 Å². The molecule has 1 saturated heterocycles. The number of aryl methyl sites for hydroxylation is 1. The molecule has 94 valence electrons. The predicted molar refractivity (Wildman–Crippen MR) is 70.6 cm³/mol. The topological polar surface area (TPSA) is 57.8 Å². The van der Waals surface area contributed by atoms with Crippen LogP contribution in [0.1, 0.15) is 31.9 Å². The van der Waals surface area contributed by atoms with Crippen molar-refractivity contribution < 1.29 is 0 Å².